The Kier molecular flexibility index (Phi) is 3.98. The maximum absolute atomic E-state index is 11.2. The summed E-state index contributed by atoms with van der Waals surface area (Å²) in [4.78, 5) is 25.3. The molecule has 6 heteroatoms. The lowest BCUT2D eigenvalue weighted by Crippen LogP contribution is -2.56. The van der Waals surface area contributed by atoms with Crippen molar-refractivity contribution in [3.63, 3.8) is 0 Å². The highest BCUT2D eigenvalue weighted by Gasteiger charge is 2.33. The van der Waals surface area contributed by atoms with E-state index in [9.17, 15) is 9.59 Å². The van der Waals surface area contributed by atoms with Gasteiger partial charge < -0.3 is 21.3 Å². The number of nitrogens with two attached hydrogens (primary N) is 2. The Hall–Kier alpha value is -1.46. The van der Waals surface area contributed by atoms with Crippen LogP contribution in [0.25, 0.3) is 0 Å². The van der Waals surface area contributed by atoms with E-state index in [1.165, 1.54) is 9.80 Å². The van der Waals surface area contributed by atoms with E-state index < -0.39 is 12.1 Å². The Morgan fingerprint density at radius 3 is 1.50 bits per heavy atom. The molecular weight excluding hydrogens is 208 g/mol. The van der Waals surface area contributed by atoms with Crippen LogP contribution in [0, 0.1) is 0 Å². The minimum atomic E-state index is -0.463. The van der Waals surface area contributed by atoms with Crippen molar-refractivity contribution in [1.82, 2.24) is 9.80 Å². The van der Waals surface area contributed by atoms with Gasteiger partial charge in [0, 0.05) is 14.1 Å². The molecule has 1 fully saturated rings. The predicted molar refractivity (Wildman–Crippen MR) is 60.7 cm³/mol. The van der Waals surface area contributed by atoms with Crippen molar-refractivity contribution in [2.24, 2.45) is 11.5 Å². The lowest BCUT2D eigenvalue weighted by atomic mass is 9.88. The van der Waals surface area contributed by atoms with E-state index in [0.717, 1.165) is 25.7 Å². The summed E-state index contributed by atoms with van der Waals surface area (Å²) in [5.41, 5.74) is 10.5. The van der Waals surface area contributed by atoms with Crippen LogP contribution < -0.4 is 11.5 Å². The second kappa shape index (κ2) is 5.05. The number of carbonyl (C=O) groups is 2. The number of nitrogens with zero attached hydrogens (tertiary/aromatic N) is 2. The summed E-state index contributed by atoms with van der Waals surface area (Å²) in [6, 6.07) is -0.975. The maximum Gasteiger partial charge on any atom is 0.314 e. The molecule has 6 nitrogen and oxygen atoms in total. The Morgan fingerprint density at radius 2 is 1.25 bits per heavy atom. The first kappa shape index (κ1) is 12.6. The van der Waals surface area contributed by atoms with Crippen LogP contribution in [-0.2, 0) is 0 Å². The van der Waals surface area contributed by atoms with E-state index in [4.69, 9.17) is 11.5 Å². The van der Waals surface area contributed by atoms with Crippen molar-refractivity contribution in [3.05, 3.63) is 0 Å². The number of likely N-dealkylation sites (N-methyl/N-ethyl adjacent to an activating group) is 2. The van der Waals surface area contributed by atoms with Gasteiger partial charge in [-0.05, 0) is 12.8 Å². The summed E-state index contributed by atoms with van der Waals surface area (Å²) in [5, 5.41) is 0. The van der Waals surface area contributed by atoms with Crippen LogP contribution in [-0.4, -0.2) is 48.0 Å². The molecule has 0 bridgehead atoms. The molecule has 0 heterocycles. The first-order valence-corrected chi connectivity index (χ1v) is 5.49. The molecule has 0 aromatic heterocycles. The molecule has 2 atom stereocenters. The topological polar surface area (TPSA) is 92.7 Å². The standard InChI is InChI=1S/C10H20N4O2/c1-13(9(11)15)7-5-3-4-6-8(7)14(2)10(12)16/h7-8H,3-6H2,1-2H3,(H2,11,15)(H2,12,16)/t7-,8-/m1/s1. The zero-order valence-corrected chi connectivity index (χ0v) is 9.85. The molecule has 0 aromatic carbocycles. The third-order valence-electron chi connectivity index (χ3n) is 3.38. The molecular formula is C10H20N4O2. The van der Waals surface area contributed by atoms with E-state index >= 15 is 0 Å². The monoisotopic (exact) mass is 228 g/mol. The van der Waals surface area contributed by atoms with Crippen molar-refractivity contribution in [3.8, 4) is 0 Å². The predicted octanol–water partition coefficient (Wildman–Crippen LogP) is 0.319. The Balaban J connectivity index is 2.78. The molecule has 0 spiro atoms. The van der Waals surface area contributed by atoms with Gasteiger partial charge in [0.15, 0.2) is 0 Å². The molecule has 0 aliphatic heterocycles. The van der Waals surface area contributed by atoms with Crippen molar-refractivity contribution < 1.29 is 9.59 Å². The van der Waals surface area contributed by atoms with Crippen LogP contribution in [0.3, 0.4) is 0 Å². The largest absolute Gasteiger partial charge is 0.351 e. The SMILES string of the molecule is CN(C(N)=O)[C@@H]1CCCC[C@H]1N(C)C(N)=O. The fraction of sp³-hybridized carbons (Fsp3) is 0.800. The fourth-order valence-corrected chi connectivity index (χ4v) is 2.32. The van der Waals surface area contributed by atoms with Crippen molar-refractivity contribution in [2.45, 2.75) is 37.8 Å². The van der Waals surface area contributed by atoms with Gasteiger partial charge in [-0.2, -0.15) is 0 Å². The smallest absolute Gasteiger partial charge is 0.314 e. The molecule has 0 aromatic rings. The van der Waals surface area contributed by atoms with E-state index in [2.05, 4.69) is 0 Å². The molecule has 1 saturated carbocycles. The quantitative estimate of drug-likeness (QED) is 0.712. The van der Waals surface area contributed by atoms with Gasteiger partial charge in [0.25, 0.3) is 0 Å². The maximum atomic E-state index is 11.2. The van der Waals surface area contributed by atoms with Crippen molar-refractivity contribution in [2.75, 3.05) is 14.1 Å². The second-order valence-electron chi connectivity index (χ2n) is 4.32. The molecule has 92 valence electrons. The summed E-state index contributed by atoms with van der Waals surface area (Å²) in [6.45, 7) is 0. The highest BCUT2D eigenvalue weighted by atomic mass is 16.2. The van der Waals surface area contributed by atoms with E-state index in [-0.39, 0.29) is 12.1 Å². The summed E-state index contributed by atoms with van der Waals surface area (Å²) in [6.07, 6.45) is 3.82. The zero-order valence-electron chi connectivity index (χ0n) is 9.85. The summed E-state index contributed by atoms with van der Waals surface area (Å²) < 4.78 is 0. The zero-order chi connectivity index (χ0) is 12.3. The molecule has 0 radical (unpaired) electrons. The van der Waals surface area contributed by atoms with Gasteiger partial charge in [-0.25, -0.2) is 9.59 Å². The minimum absolute atomic E-state index is 0.0243. The first-order valence-electron chi connectivity index (χ1n) is 5.49. The Bertz CT molecular complexity index is 254. The highest BCUT2D eigenvalue weighted by Crippen LogP contribution is 2.25. The van der Waals surface area contributed by atoms with Crippen LogP contribution in [0.4, 0.5) is 9.59 Å². The number of primary amides is 2. The summed E-state index contributed by atoms with van der Waals surface area (Å²) >= 11 is 0. The van der Waals surface area contributed by atoms with Crippen LogP contribution in [0.1, 0.15) is 25.7 Å². The first-order chi connectivity index (χ1) is 7.45. The van der Waals surface area contributed by atoms with Crippen LogP contribution >= 0.6 is 0 Å². The number of amides is 4. The highest BCUT2D eigenvalue weighted by molar-refractivity contribution is 5.73. The van der Waals surface area contributed by atoms with E-state index in [0.29, 0.717) is 0 Å². The van der Waals surface area contributed by atoms with Crippen molar-refractivity contribution >= 4 is 12.1 Å². The van der Waals surface area contributed by atoms with Gasteiger partial charge >= 0.3 is 12.1 Å². The fourth-order valence-electron chi connectivity index (χ4n) is 2.32. The van der Waals surface area contributed by atoms with Gasteiger partial charge in [0.05, 0.1) is 12.1 Å². The average molecular weight is 228 g/mol. The van der Waals surface area contributed by atoms with Gasteiger partial charge in [-0.1, -0.05) is 12.8 Å². The molecule has 4 amide bonds. The molecule has 1 rings (SSSR count). The summed E-state index contributed by atoms with van der Waals surface area (Å²) in [7, 11) is 3.33. The van der Waals surface area contributed by atoms with E-state index in [1.807, 2.05) is 0 Å². The van der Waals surface area contributed by atoms with Crippen molar-refractivity contribution in [1.29, 1.82) is 0 Å². The lowest BCUT2D eigenvalue weighted by molar-refractivity contribution is 0.110. The average Bonchev–Trinajstić information content (AvgIpc) is 2.26. The van der Waals surface area contributed by atoms with Crippen LogP contribution in [0.2, 0.25) is 0 Å². The van der Waals surface area contributed by atoms with Gasteiger partial charge in [-0.3, -0.25) is 0 Å². The third-order valence-corrected chi connectivity index (χ3v) is 3.38. The second-order valence-corrected chi connectivity index (χ2v) is 4.32. The molecule has 1 aliphatic carbocycles. The number of carbonyl (C=O) groups excluding carboxylic acids is 2. The number of urea groups is 2. The van der Waals surface area contributed by atoms with Crippen LogP contribution in [0.5, 0.6) is 0 Å². The molecule has 0 unspecified atom stereocenters. The molecule has 1 aliphatic rings. The number of hydrogen-bond donors (Lipinski definition) is 2. The minimum Gasteiger partial charge on any atom is -0.351 e. The molecule has 16 heavy (non-hydrogen) atoms. The third kappa shape index (κ3) is 2.56. The Labute approximate surface area is 95.5 Å². The lowest BCUT2D eigenvalue weighted by Gasteiger charge is -2.41. The van der Waals surface area contributed by atoms with Gasteiger partial charge in [0.2, 0.25) is 0 Å². The van der Waals surface area contributed by atoms with Crippen LogP contribution in [0.15, 0.2) is 0 Å². The van der Waals surface area contributed by atoms with Gasteiger partial charge in [0.1, 0.15) is 0 Å². The molecule has 4 N–H and O–H groups in total. The normalized spacial score (nSPS) is 24.9. The van der Waals surface area contributed by atoms with Gasteiger partial charge in [-0.15, -0.1) is 0 Å². The number of hydrogen-bond acceptors (Lipinski definition) is 2. The van der Waals surface area contributed by atoms with E-state index in [1.54, 1.807) is 14.1 Å². The summed E-state index contributed by atoms with van der Waals surface area (Å²) in [5.74, 6) is 0. The Morgan fingerprint density at radius 1 is 0.938 bits per heavy atom. The molecule has 0 saturated heterocycles. The number of rotatable bonds is 2.